The lowest BCUT2D eigenvalue weighted by atomic mass is 9.81. The molecule has 0 nitrogen and oxygen atoms in total. The van der Waals surface area contributed by atoms with Crippen molar-refractivity contribution in [2.75, 3.05) is 0 Å². The second-order valence-electron chi connectivity index (χ2n) is 17.4. The van der Waals surface area contributed by atoms with Gasteiger partial charge in [0.25, 0.3) is 0 Å². The molecule has 0 aliphatic heterocycles. The molecule has 0 spiro atoms. The summed E-state index contributed by atoms with van der Waals surface area (Å²) in [5.74, 6) is 0.0732. The summed E-state index contributed by atoms with van der Waals surface area (Å²) in [5.41, 5.74) is 31.7. The molecule has 0 unspecified atom stereocenters. The van der Waals surface area contributed by atoms with Gasteiger partial charge in [-0.25, -0.2) is 0 Å². The van der Waals surface area contributed by atoms with Crippen molar-refractivity contribution in [1.29, 1.82) is 0 Å². The van der Waals surface area contributed by atoms with Gasteiger partial charge < -0.3 is 0 Å². The second-order valence-corrected chi connectivity index (χ2v) is 17.4. The van der Waals surface area contributed by atoms with E-state index >= 15 is 0 Å². The summed E-state index contributed by atoms with van der Waals surface area (Å²) in [5, 5.41) is 2.51. The van der Waals surface area contributed by atoms with Gasteiger partial charge in [0.2, 0.25) is 0 Å². The highest BCUT2D eigenvalue weighted by molar-refractivity contribution is 6.22. The molecule has 270 valence electrons. The smallest absolute Gasteiger partial charge is 0.0490 e. The Labute approximate surface area is 332 Å². The Morgan fingerprint density at radius 2 is 0.750 bits per heavy atom. The molecule has 0 atom stereocenters. The first kappa shape index (κ1) is 35.4. The van der Waals surface area contributed by atoms with Gasteiger partial charge in [-0.3, -0.25) is 0 Å². The summed E-state index contributed by atoms with van der Waals surface area (Å²) in [6.07, 6.45) is 13.3. The van der Waals surface area contributed by atoms with E-state index in [-0.39, 0.29) is 22.7 Å². The molecule has 3 aliphatic carbocycles. The van der Waals surface area contributed by atoms with Crippen LogP contribution in [0.25, 0.3) is 46.2 Å². The number of hydrogen-bond donors (Lipinski definition) is 0. The molecule has 0 heterocycles. The van der Waals surface area contributed by atoms with Crippen molar-refractivity contribution in [1.82, 2.24) is 0 Å². The van der Waals surface area contributed by atoms with Crippen molar-refractivity contribution in [3.05, 3.63) is 223 Å². The Morgan fingerprint density at radius 1 is 0.429 bits per heavy atom. The zero-order valence-corrected chi connectivity index (χ0v) is 33.2. The van der Waals surface area contributed by atoms with Gasteiger partial charge in [0.1, 0.15) is 0 Å². The van der Waals surface area contributed by atoms with Crippen LogP contribution in [-0.2, 0) is 10.8 Å². The van der Waals surface area contributed by atoms with Gasteiger partial charge in [0, 0.05) is 34.1 Å². The molecule has 56 heavy (non-hydrogen) atoms. The third-order valence-corrected chi connectivity index (χ3v) is 11.7. The van der Waals surface area contributed by atoms with E-state index in [1.165, 1.54) is 77.5 Å². The Kier molecular flexibility index (Phi) is 8.68. The van der Waals surface area contributed by atoms with E-state index < -0.39 is 0 Å². The van der Waals surface area contributed by atoms with Gasteiger partial charge in [0.15, 0.2) is 0 Å². The Bertz CT molecular complexity index is 2570. The zero-order valence-electron chi connectivity index (χ0n) is 33.2. The van der Waals surface area contributed by atoms with Gasteiger partial charge in [-0.2, -0.15) is 0 Å². The minimum absolute atomic E-state index is 0.0366. The molecule has 0 heteroatoms. The van der Waals surface area contributed by atoms with Gasteiger partial charge in [0.05, 0.1) is 0 Å². The van der Waals surface area contributed by atoms with E-state index in [2.05, 4.69) is 222 Å². The molecule has 6 aromatic rings. The number of fused-ring (bicyclic) bond motifs is 4. The Hall–Kier alpha value is -6.34. The van der Waals surface area contributed by atoms with E-state index in [0.29, 0.717) is 0 Å². The second kappa shape index (κ2) is 13.7. The Morgan fingerprint density at radius 3 is 1.07 bits per heavy atom. The molecule has 0 aromatic heterocycles. The fraction of sp³-hybridized carbons (Fsp3) is 0.179. The van der Waals surface area contributed by atoms with Gasteiger partial charge >= 0.3 is 0 Å². The van der Waals surface area contributed by atoms with Crippen LogP contribution in [0.1, 0.15) is 120 Å². The lowest BCUT2D eigenvalue weighted by molar-refractivity contribution is 0.589. The fourth-order valence-corrected chi connectivity index (χ4v) is 8.54. The van der Waals surface area contributed by atoms with Crippen LogP contribution in [0.5, 0.6) is 0 Å². The first-order chi connectivity index (χ1) is 27.0. The Balaban J connectivity index is 1.32. The largest absolute Gasteiger partial charge is 0.0729 e. The highest BCUT2D eigenvalue weighted by Crippen LogP contribution is 2.48. The van der Waals surface area contributed by atoms with E-state index in [4.69, 9.17) is 0 Å². The fourth-order valence-electron chi connectivity index (χ4n) is 8.54. The van der Waals surface area contributed by atoms with E-state index in [1.54, 1.807) is 0 Å². The van der Waals surface area contributed by atoms with E-state index in [1.807, 2.05) is 0 Å². The minimum atomic E-state index is -0.0372. The summed E-state index contributed by atoms with van der Waals surface area (Å²) in [4.78, 5) is 0. The SMILES string of the molecule is CC(C)(C)c1cc2c3c(cc(C(C)(C)C)cc3c1)C(=C=C=CC1c3ccccc3C=Cc3ccccc31)C2=C=C=CC1c2ccccc2C=Cc2ccccc21. The van der Waals surface area contributed by atoms with Crippen molar-refractivity contribution in [3.8, 4) is 0 Å². The molecule has 0 saturated carbocycles. The number of hydrogen-bond acceptors (Lipinski definition) is 0. The monoisotopic (exact) mass is 718 g/mol. The summed E-state index contributed by atoms with van der Waals surface area (Å²) in [6, 6.07) is 44.4. The maximum atomic E-state index is 3.76. The van der Waals surface area contributed by atoms with Gasteiger partial charge in [-0.15, -0.1) is 0 Å². The van der Waals surface area contributed by atoms with Gasteiger partial charge in [-0.05, 0) is 102 Å². The quantitative estimate of drug-likeness (QED) is 0.156. The zero-order chi connectivity index (χ0) is 38.6. The lowest BCUT2D eigenvalue weighted by Gasteiger charge is -2.23. The van der Waals surface area contributed by atoms with Crippen LogP contribution in [0.2, 0.25) is 0 Å². The first-order valence-corrected chi connectivity index (χ1v) is 19.8. The minimum Gasteiger partial charge on any atom is -0.0729 e. The highest BCUT2D eigenvalue weighted by atomic mass is 14.3. The van der Waals surface area contributed by atoms with E-state index in [9.17, 15) is 0 Å². The van der Waals surface area contributed by atoms with Gasteiger partial charge in [-0.1, -0.05) is 198 Å². The van der Waals surface area contributed by atoms with Crippen molar-refractivity contribution in [2.45, 2.75) is 64.2 Å². The van der Waals surface area contributed by atoms with Crippen molar-refractivity contribution in [3.63, 3.8) is 0 Å². The predicted octanol–water partition coefficient (Wildman–Crippen LogP) is 14.5. The lowest BCUT2D eigenvalue weighted by Crippen LogP contribution is -2.12. The standard InChI is InChI=1S/C56H46/c1-55(2,3)42-33-41-34-43(56(4,5)6)36-53-51(28-16-26-49-46-23-13-9-19-39(46)31-32-40-20-10-14-24-47(40)49)50(52(35-42)54(41)53)27-15-25-48-44-21-11-7-17-37(44)29-30-38-18-8-12-22-45(38)48/h7-14,17-26,29-36,48-49H,1-6H3. The van der Waals surface area contributed by atoms with Crippen molar-refractivity contribution < 1.29 is 0 Å². The maximum absolute atomic E-state index is 3.76. The third-order valence-electron chi connectivity index (χ3n) is 11.7. The molecular formula is C56H46. The third kappa shape index (κ3) is 6.37. The van der Waals surface area contributed by atoms with Crippen LogP contribution in [-0.4, -0.2) is 0 Å². The normalized spacial score (nSPS) is 14.3. The molecule has 3 aliphatic rings. The summed E-state index contributed by atoms with van der Waals surface area (Å²) in [6.45, 7) is 13.8. The number of rotatable bonds is 2. The molecule has 0 radical (unpaired) electrons. The van der Waals surface area contributed by atoms with Crippen LogP contribution in [0.15, 0.2) is 156 Å². The molecular weight excluding hydrogens is 673 g/mol. The summed E-state index contributed by atoms with van der Waals surface area (Å²) >= 11 is 0. The van der Waals surface area contributed by atoms with Crippen LogP contribution in [0.3, 0.4) is 0 Å². The van der Waals surface area contributed by atoms with Crippen molar-refractivity contribution >= 4 is 46.2 Å². The summed E-state index contributed by atoms with van der Waals surface area (Å²) < 4.78 is 0. The maximum Gasteiger partial charge on any atom is 0.0490 e. The first-order valence-electron chi connectivity index (χ1n) is 19.8. The van der Waals surface area contributed by atoms with Crippen LogP contribution < -0.4 is 0 Å². The number of allylic oxidation sites excluding steroid dienone is 4. The van der Waals surface area contributed by atoms with Crippen LogP contribution in [0.4, 0.5) is 0 Å². The average molecular weight is 719 g/mol. The average Bonchev–Trinajstić information content (AvgIpc) is 3.29. The molecule has 0 fully saturated rings. The predicted molar refractivity (Wildman–Crippen MR) is 239 cm³/mol. The summed E-state index contributed by atoms with van der Waals surface area (Å²) in [7, 11) is 0. The van der Waals surface area contributed by atoms with E-state index in [0.717, 1.165) is 11.1 Å². The molecule has 6 aromatic carbocycles. The van der Waals surface area contributed by atoms with Crippen LogP contribution >= 0.6 is 0 Å². The molecule has 0 bridgehead atoms. The van der Waals surface area contributed by atoms with Crippen molar-refractivity contribution in [2.24, 2.45) is 0 Å². The number of benzene rings is 6. The molecule has 9 rings (SSSR count). The van der Waals surface area contributed by atoms with Crippen LogP contribution in [0, 0.1) is 0 Å². The molecule has 0 saturated heterocycles. The highest BCUT2D eigenvalue weighted by Gasteiger charge is 2.30. The topological polar surface area (TPSA) is 0 Å². The molecule has 0 N–H and O–H groups in total. The molecule has 0 amide bonds.